The summed E-state index contributed by atoms with van der Waals surface area (Å²) in [5.74, 6) is 0.194. The van der Waals surface area contributed by atoms with Crippen molar-refractivity contribution in [2.75, 3.05) is 7.11 Å². The number of benzene rings is 1. The van der Waals surface area contributed by atoms with E-state index in [-0.39, 0.29) is 5.69 Å². The zero-order chi connectivity index (χ0) is 16.4. The van der Waals surface area contributed by atoms with E-state index < -0.39 is 5.97 Å². The third-order valence-corrected chi connectivity index (χ3v) is 3.47. The molecule has 0 aliphatic carbocycles. The molecule has 2 heterocycles. The van der Waals surface area contributed by atoms with Crippen molar-refractivity contribution in [3.8, 4) is 17.6 Å². The molecule has 2 aromatic heterocycles. The minimum Gasteiger partial charge on any atom is -0.493 e. The van der Waals surface area contributed by atoms with Gasteiger partial charge in [0.25, 0.3) is 0 Å². The Hall–Kier alpha value is -3.33. The van der Waals surface area contributed by atoms with Gasteiger partial charge in [0.05, 0.1) is 12.7 Å². The SMILES string of the molecule is COc1cc2ccncc2cc1OC(=O)c1cc(C#N)cn1C. The standard InChI is InChI=1S/C17H13N3O3/c1-20-10-11(8-18)5-14(20)17(21)23-16-7-13-9-19-4-3-12(13)6-15(16)22-2/h3-7,9-10H,1-2H3. The average Bonchev–Trinajstić information content (AvgIpc) is 2.95. The number of carbonyl (C=O) groups is 1. The highest BCUT2D eigenvalue weighted by molar-refractivity contribution is 5.92. The van der Waals surface area contributed by atoms with Crippen LogP contribution in [0.4, 0.5) is 0 Å². The second-order valence-corrected chi connectivity index (χ2v) is 4.95. The van der Waals surface area contributed by atoms with E-state index in [0.717, 1.165) is 10.8 Å². The Morgan fingerprint density at radius 3 is 2.74 bits per heavy atom. The monoisotopic (exact) mass is 307 g/mol. The van der Waals surface area contributed by atoms with Crippen molar-refractivity contribution in [3.05, 3.63) is 54.1 Å². The zero-order valence-electron chi connectivity index (χ0n) is 12.6. The van der Waals surface area contributed by atoms with E-state index in [0.29, 0.717) is 17.1 Å². The molecule has 0 N–H and O–H groups in total. The Bertz CT molecular complexity index is 938. The number of pyridine rings is 1. The van der Waals surface area contributed by atoms with Crippen molar-refractivity contribution in [2.45, 2.75) is 0 Å². The van der Waals surface area contributed by atoms with Crippen LogP contribution in [0.5, 0.6) is 11.5 Å². The summed E-state index contributed by atoms with van der Waals surface area (Å²) in [7, 11) is 3.19. The number of carbonyl (C=O) groups excluding carboxylic acids is 1. The molecule has 0 bridgehead atoms. The number of nitriles is 1. The molecule has 6 heteroatoms. The molecule has 23 heavy (non-hydrogen) atoms. The van der Waals surface area contributed by atoms with Crippen LogP contribution in [0.3, 0.4) is 0 Å². The zero-order valence-corrected chi connectivity index (χ0v) is 12.6. The largest absolute Gasteiger partial charge is 0.493 e. The number of methoxy groups -OCH3 is 1. The highest BCUT2D eigenvalue weighted by Gasteiger charge is 2.17. The molecule has 0 aliphatic heterocycles. The first kappa shape index (κ1) is 14.6. The van der Waals surface area contributed by atoms with Gasteiger partial charge < -0.3 is 14.0 Å². The lowest BCUT2D eigenvalue weighted by Crippen LogP contribution is -2.13. The molecular weight excluding hydrogens is 294 g/mol. The van der Waals surface area contributed by atoms with Gasteiger partial charge in [0.2, 0.25) is 0 Å². The summed E-state index contributed by atoms with van der Waals surface area (Å²) in [4.78, 5) is 16.4. The molecule has 114 valence electrons. The van der Waals surface area contributed by atoms with Crippen LogP contribution in [0.1, 0.15) is 16.1 Å². The van der Waals surface area contributed by atoms with Gasteiger partial charge in [-0.3, -0.25) is 4.98 Å². The van der Waals surface area contributed by atoms with Gasteiger partial charge in [0.15, 0.2) is 11.5 Å². The second kappa shape index (κ2) is 5.81. The molecule has 0 spiro atoms. The predicted octanol–water partition coefficient (Wildman–Crippen LogP) is 2.67. The van der Waals surface area contributed by atoms with Crippen LogP contribution in [0.15, 0.2) is 42.9 Å². The molecule has 3 aromatic rings. The Morgan fingerprint density at radius 1 is 1.26 bits per heavy atom. The fourth-order valence-electron chi connectivity index (χ4n) is 2.31. The van der Waals surface area contributed by atoms with Crippen LogP contribution in [-0.4, -0.2) is 22.6 Å². The number of aryl methyl sites for hydroxylation is 1. The normalized spacial score (nSPS) is 10.3. The van der Waals surface area contributed by atoms with Crippen molar-refractivity contribution in [2.24, 2.45) is 7.05 Å². The predicted molar refractivity (Wildman–Crippen MR) is 83.4 cm³/mol. The Labute approximate surface area is 132 Å². The molecule has 0 aliphatic rings. The van der Waals surface area contributed by atoms with E-state index in [9.17, 15) is 4.79 Å². The summed E-state index contributed by atoms with van der Waals surface area (Å²) in [5, 5.41) is 10.7. The number of hydrogen-bond acceptors (Lipinski definition) is 5. The van der Waals surface area contributed by atoms with Crippen LogP contribution in [0.25, 0.3) is 10.8 Å². The number of hydrogen-bond donors (Lipinski definition) is 0. The van der Waals surface area contributed by atoms with Gasteiger partial charge in [0.1, 0.15) is 11.8 Å². The van der Waals surface area contributed by atoms with Crippen molar-refractivity contribution < 1.29 is 14.3 Å². The van der Waals surface area contributed by atoms with Gasteiger partial charge in [-0.05, 0) is 29.7 Å². The van der Waals surface area contributed by atoms with Crippen LogP contribution in [0, 0.1) is 11.3 Å². The number of ether oxygens (including phenoxy) is 2. The Balaban J connectivity index is 1.98. The third kappa shape index (κ3) is 2.72. The molecule has 0 amide bonds. The quantitative estimate of drug-likeness (QED) is 0.549. The summed E-state index contributed by atoms with van der Waals surface area (Å²) in [5.41, 5.74) is 0.684. The molecular formula is C17H13N3O3. The number of fused-ring (bicyclic) bond motifs is 1. The number of rotatable bonds is 3. The van der Waals surface area contributed by atoms with Gasteiger partial charge in [-0.2, -0.15) is 5.26 Å². The highest BCUT2D eigenvalue weighted by atomic mass is 16.6. The van der Waals surface area contributed by atoms with E-state index in [1.54, 1.807) is 42.3 Å². The first-order chi connectivity index (χ1) is 11.1. The second-order valence-electron chi connectivity index (χ2n) is 4.95. The maximum Gasteiger partial charge on any atom is 0.360 e. The van der Waals surface area contributed by atoms with Crippen molar-refractivity contribution >= 4 is 16.7 Å². The molecule has 1 aromatic carbocycles. The molecule has 0 fully saturated rings. The third-order valence-electron chi connectivity index (χ3n) is 3.47. The Morgan fingerprint density at radius 2 is 2.04 bits per heavy atom. The van der Waals surface area contributed by atoms with E-state index >= 15 is 0 Å². The average molecular weight is 307 g/mol. The lowest BCUT2D eigenvalue weighted by Gasteiger charge is -2.11. The fourth-order valence-corrected chi connectivity index (χ4v) is 2.31. The van der Waals surface area contributed by atoms with Gasteiger partial charge >= 0.3 is 5.97 Å². The van der Waals surface area contributed by atoms with E-state index in [2.05, 4.69) is 4.98 Å². The van der Waals surface area contributed by atoms with Gasteiger partial charge in [-0.1, -0.05) is 0 Å². The summed E-state index contributed by atoms with van der Waals surface area (Å²) in [6.45, 7) is 0. The van der Waals surface area contributed by atoms with E-state index in [1.165, 1.54) is 13.2 Å². The molecule has 6 nitrogen and oxygen atoms in total. The molecule has 0 saturated carbocycles. The number of esters is 1. The summed E-state index contributed by atoms with van der Waals surface area (Å²) in [6.07, 6.45) is 4.93. The fraction of sp³-hybridized carbons (Fsp3) is 0.118. The smallest absolute Gasteiger partial charge is 0.360 e. The van der Waals surface area contributed by atoms with Crippen molar-refractivity contribution in [1.29, 1.82) is 5.26 Å². The first-order valence-electron chi connectivity index (χ1n) is 6.83. The van der Waals surface area contributed by atoms with Crippen LogP contribution < -0.4 is 9.47 Å². The maximum absolute atomic E-state index is 12.3. The summed E-state index contributed by atoms with van der Waals surface area (Å²) >= 11 is 0. The van der Waals surface area contributed by atoms with E-state index in [4.69, 9.17) is 14.7 Å². The minimum absolute atomic E-state index is 0.287. The summed E-state index contributed by atoms with van der Waals surface area (Å²) in [6, 6.07) is 8.81. The summed E-state index contributed by atoms with van der Waals surface area (Å²) < 4.78 is 12.3. The van der Waals surface area contributed by atoms with Crippen molar-refractivity contribution in [1.82, 2.24) is 9.55 Å². The Kier molecular flexibility index (Phi) is 3.69. The van der Waals surface area contributed by atoms with Crippen LogP contribution >= 0.6 is 0 Å². The highest BCUT2D eigenvalue weighted by Crippen LogP contribution is 2.32. The lowest BCUT2D eigenvalue weighted by molar-refractivity contribution is 0.0720. The molecule has 0 atom stereocenters. The van der Waals surface area contributed by atoms with Gasteiger partial charge in [-0.15, -0.1) is 0 Å². The number of aromatic nitrogens is 2. The van der Waals surface area contributed by atoms with Crippen molar-refractivity contribution in [3.63, 3.8) is 0 Å². The molecule has 0 unspecified atom stereocenters. The molecule has 0 radical (unpaired) electrons. The topological polar surface area (TPSA) is 77.1 Å². The van der Waals surface area contributed by atoms with Crippen LogP contribution in [-0.2, 0) is 7.05 Å². The van der Waals surface area contributed by atoms with E-state index in [1.807, 2.05) is 12.1 Å². The molecule has 0 saturated heterocycles. The lowest BCUT2D eigenvalue weighted by atomic mass is 10.1. The van der Waals surface area contributed by atoms with Gasteiger partial charge in [-0.25, -0.2) is 4.79 Å². The maximum atomic E-state index is 12.3. The first-order valence-corrected chi connectivity index (χ1v) is 6.83. The molecule has 3 rings (SSSR count). The minimum atomic E-state index is -0.560. The number of nitrogens with zero attached hydrogens (tertiary/aromatic N) is 3. The van der Waals surface area contributed by atoms with Gasteiger partial charge in [0, 0.05) is 31.0 Å². The van der Waals surface area contributed by atoms with Crippen LogP contribution in [0.2, 0.25) is 0 Å².